The van der Waals surface area contributed by atoms with Crippen LogP contribution in [0.2, 0.25) is 5.02 Å². The highest BCUT2D eigenvalue weighted by molar-refractivity contribution is 9.10. The van der Waals surface area contributed by atoms with E-state index in [9.17, 15) is 18.0 Å². The largest absolute Gasteiger partial charge is 0.495 e. The van der Waals surface area contributed by atoms with E-state index < -0.39 is 34.4 Å². The molecule has 47 heavy (non-hydrogen) atoms. The zero-order valence-corrected chi connectivity index (χ0v) is 29.4. The first kappa shape index (κ1) is 35.6. The van der Waals surface area contributed by atoms with Crippen LogP contribution in [0, 0.1) is 0 Å². The summed E-state index contributed by atoms with van der Waals surface area (Å²) < 4.78 is 46.9. The molecule has 0 aliphatic carbocycles. The molecular weight excluding hydrogens is 710 g/mol. The number of nitrogens with zero attached hydrogens (tertiary/aromatic N) is 2. The highest BCUT2D eigenvalue weighted by Gasteiger charge is 2.36. The number of rotatable bonds is 14. The Bertz CT molecular complexity index is 1810. The van der Waals surface area contributed by atoms with Crippen molar-refractivity contribution in [1.29, 1.82) is 0 Å². The second-order valence-electron chi connectivity index (χ2n) is 10.3. The average Bonchev–Trinajstić information content (AvgIpc) is 3.09. The molecule has 0 radical (unpaired) electrons. The van der Waals surface area contributed by atoms with Crippen molar-refractivity contribution in [1.82, 2.24) is 10.2 Å². The van der Waals surface area contributed by atoms with Crippen molar-refractivity contribution in [2.75, 3.05) is 39.2 Å². The van der Waals surface area contributed by atoms with Gasteiger partial charge in [-0.15, -0.1) is 0 Å². The Kier molecular flexibility index (Phi) is 12.1. The third-order valence-corrected chi connectivity index (χ3v) is 9.93. The minimum absolute atomic E-state index is 0.0218. The molecule has 0 spiro atoms. The number of hydrogen-bond donors (Lipinski definition) is 1. The van der Waals surface area contributed by atoms with Crippen molar-refractivity contribution >= 4 is 55.1 Å². The summed E-state index contributed by atoms with van der Waals surface area (Å²) in [6, 6.07) is 24.2. The van der Waals surface area contributed by atoms with Gasteiger partial charge in [-0.3, -0.25) is 13.9 Å². The van der Waals surface area contributed by atoms with Crippen molar-refractivity contribution in [3.8, 4) is 17.2 Å². The molecule has 0 aromatic heterocycles. The number of likely N-dealkylation sites (N-methyl/N-ethyl adjacent to an activating group) is 1. The standard InChI is InChI=1S/C34H35BrClN3O7S/c1-37-34(41)29(18-23-8-6-5-7-9-23)38(21-24-10-12-25(35)13-11-24)33(40)22-39(28-19-26(36)14-16-30(28)44-2)47(42,43)27-15-17-31(45-3)32(20-27)46-4/h5-17,19-20,29H,18,21-22H2,1-4H3,(H,37,41)/t29-/m0/s1. The van der Waals surface area contributed by atoms with E-state index in [-0.39, 0.29) is 40.1 Å². The van der Waals surface area contributed by atoms with Crippen LogP contribution in [0.25, 0.3) is 0 Å². The van der Waals surface area contributed by atoms with Crippen LogP contribution >= 0.6 is 27.5 Å². The maximum atomic E-state index is 14.5. The smallest absolute Gasteiger partial charge is 0.265 e. The molecule has 248 valence electrons. The van der Waals surface area contributed by atoms with E-state index in [1.165, 1.54) is 63.6 Å². The number of ether oxygens (including phenoxy) is 3. The average molecular weight is 745 g/mol. The van der Waals surface area contributed by atoms with E-state index in [0.717, 1.165) is 19.9 Å². The Hall–Kier alpha value is -4.26. The van der Waals surface area contributed by atoms with Gasteiger partial charge >= 0.3 is 0 Å². The molecular formula is C34H35BrClN3O7S. The molecule has 10 nitrogen and oxygen atoms in total. The Labute approximate surface area is 288 Å². The van der Waals surface area contributed by atoms with Crippen LogP contribution in [0.1, 0.15) is 11.1 Å². The van der Waals surface area contributed by atoms with Crippen LogP contribution in [0.5, 0.6) is 17.2 Å². The molecule has 0 aliphatic rings. The SMILES string of the molecule is CNC(=O)[C@H](Cc1ccccc1)N(Cc1ccc(Br)cc1)C(=O)CN(c1cc(Cl)ccc1OC)S(=O)(=O)c1ccc(OC)c(OC)c1. The predicted molar refractivity (Wildman–Crippen MR) is 185 cm³/mol. The number of amides is 2. The minimum Gasteiger partial charge on any atom is -0.495 e. The van der Waals surface area contributed by atoms with Crippen LogP contribution in [0.4, 0.5) is 5.69 Å². The Morgan fingerprint density at radius 3 is 2.09 bits per heavy atom. The molecule has 0 bridgehead atoms. The Balaban J connectivity index is 1.86. The number of carbonyl (C=O) groups excluding carboxylic acids is 2. The van der Waals surface area contributed by atoms with E-state index in [1.807, 2.05) is 54.6 Å². The summed E-state index contributed by atoms with van der Waals surface area (Å²) in [5.41, 5.74) is 1.59. The van der Waals surface area contributed by atoms with Crippen molar-refractivity contribution in [3.63, 3.8) is 0 Å². The number of sulfonamides is 1. The molecule has 0 unspecified atom stereocenters. The van der Waals surface area contributed by atoms with Gasteiger partial charge in [-0.25, -0.2) is 8.42 Å². The summed E-state index contributed by atoms with van der Waals surface area (Å²) in [5.74, 6) is -0.378. The first-order chi connectivity index (χ1) is 22.5. The number of anilines is 1. The van der Waals surface area contributed by atoms with Crippen LogP contribution in [0.3, 0.4) is 0 Å². The third-order valence-electron chi connectivity index (χ3n) is 7.42. The highest BCUT2D eigenvalue weighted by Crippen LogP contribution is 2.37. The second-order valence-corrected chi connectivity index (χ2v) is 13.5. The minimum atomic E-state index is -4.47. The van der Waals surface area contributed by atoms with Gasteiger partial charge in [0.25, 0.3) is 10.0 Å². The van der Waals surface area contributed by atoms with Gasteiger partial charge in [-0.1, -0.05) is 70.0 Å². The number of carbonyl (C=O) groups is 2. The number of benzene rings is 4. The summed E-state index contributed by atoms with van der Waals surface area (Å²) in [6.07, 6.45) is 0.186. The summed E-state index contributed by atoms with van der Waals surface area (Å²) >= 11 is 9.79. The topological polar surface area (TPSA) is 114 Å². The fourth-order valence-corrected chi connectivity index (χ4v) is 6.85. The molecule has 0 heterocycles. The van der Waals surface area contributed by atoms with Gasteiger partial charge < -0.3 is 24.4 Å². The number of hydrogen-bond acceptors (Lipinski definition) is 7. The van der Waals surface area contributed by atoms with E-state index in [2.05, 4.69) is 21.2 Å². The fraction of sp³-hybridized carbons (Fsp3) is 0.235. The molecule has 4 aromatic carbocycles. The first-order valence-corrected chi connectivity index (χ1v) is 17.0. The lowest BCUT2D eigenvalue weighted by atomic mass is 10.0. The van der Waals surface area contributed by atoms with Gasteiger partial charge in [-0.05, 0) is 53.6 Å². The number of halogens is 2. The number of nitrogens with one attached hydrogen (secondary N) is 1. The van der Waals surface area contributed by atoms with Crippen molar-refractivity contribution in [3.05, 3.63) is 112 Å². The monoisotopic (exact) mass is 743 g/mol. The summed E-state index contributed by atoms with van der Waals surface area (Å²) in [7, 11) is 1.23. The molecule has 2 amide bonds. The van der Waals surface area contributed by atoms with Crippen LogP contribution in [-0.2, 0) is 32.6 Å². The lowest BCUT2D eigenvalue weighted by Gasteiger charge is -2.34. The normalized spacial score (nSPS) is 11.7. The molecule has 13 heteroatoms. The molecule has 4 rings (SSSR count). The van der Waals surface area contributed by atoms with E-state index >= 15 is 0 Å². The molecule has 0 saturated carbocycles. The molecule has 1 atom stereocenters. The van der Waals surface area contributed by atoms with Gasteiger partial charge in [0.15, 0.2) is 11.5 Å². The van der Waals surface area contributed by atoms with Gasteiger partial charge in [-0.2, -0.15) is 0 Å². The van der Waals surface area contributed by atoms with Crippen LogP contribution in [-0.4, -0.2) is 66.1 Å². The van der Waals surface area contributed by atoms with Gasteiger partial charge in [0.05, 0.1) is 31.9 Å². The van der Waals surface area contributed by atoms with Crippen molar-refractivity contribution < 1.29 is 32.2 Å². The molecule has 1 N–H and O–H groups in total. The molecule has 0 saturated heterocycles. The maximum Gasteiger partial charge on any atom is 0.265 e. The van der Waals surface area contributed by atoms with Gasteiger partial charge in [0.2, 0.25) is 11.8 Å². The highest BCUT2D eigenvalue weighted by atomic mass is 79.9. The van der Waals surface area contributed by atoms with Crippen molar-refractivity contribution in [2.45, 2.75) is 23.9 Å². The van der Waals surface area contributed by atoms with Gasteiger partial charge in [0.1, 0.15) is 18.3 Å². The van der Waals surface area contributed by atoms with Crippen LogP contribution < -0.4 is 23.8 Å². The zero-order chi connectivity index (χ0) is 34.1. The van der Waals surface area contributed by atoms with E-state index in [1.54, 1.807) is 6.07 Å². The first-order valence-electron chi connectivity index (χ1n) is 14.4. The third kappa shape index (κ3) is 8.56. The maximum absolute atomic E-state index is 14.5. The molecule has 0 fully saturated rings. The van der Waals surface area contributed by atoms with Crippen molar-refractivity contribution in [2.24, 2.45) is 0 Å². The lowest BCUT2D eigenvalue weighted by molar-refractivity contribution is -0.139. The lowest BCUT2D eigenvalue weighted by Crippen LogP contribution is -2.53. The Morgan fingerprint density at radius 2 is 1.47 bits per heavy atom. The number of methoxy groups -OCH3 is 3. The fourth-order valence-electron chi connectivity index (χ4n) is 4.98. The second kappa shape index (κ2) is 16.0. The van der Waals surface area contributed by atoms with Crippen LogP contribution in [0.15, 0.2) is 100 Å². The predicted octanol–water partition coefficient (Wildman–Crippen LogP) is 5.71. The van der Waals surface area contributed by atoms with E-state index in [0.29, 0.717) is 5.75 Å². The summed E-state index contributed by atoms with van der Waals surface area (Å²) in [6.45, 7) is -0.667. The molecule has 4 aromatic rings. The summed E-state index contributed by atoms with van der Waals surface area (Å²) in [4.78, 5) is 29.2. The van der Waals surface area contributed by atoms with Gasteiger partial charge in [0, 0.05) is 35.6 Å². The quantitative estimate of drug-likeness (QED) is 0.176. The van der Waals surface area contributed by atoms with E-state index in [4.69, 9.17) is 25.8 Å². The Morgan fingerprint density at radius 1 is 0.830 bits per heavy atom. The zero-order valence-electron chi connectivity index (χ0n) is 26.3. The molecule has 0 aliphatic heterocycles. The summed E-state index contributed by atoms with van der Waals surface area (Å²) in [5, 5.41) is 2.89.